The molecule has 2 heterocycles. The van der Waals surface area contributed by atoms with Crippen molar-refractivity contribution in [2.75, 3.05) is 26.6 Å². The number of benzene rings is 2. The zero-order valence-electron chi connectivity index (χ0n) is 18.9. The van der Waals surface area contributed by atoms with E-state index in [1.54, 1.807) is 36.5 Å². The number of anilines is 1. The fourth-order valence-electron chi connectivity index (χ4n) is 3.47. The lowest BCUT2D eigenvalue weighted by Gasteiger charge is -2.15. The van der Waals surface area contributed by atoms with Crippen molar-refractivity contribution in [1.82, 2.24) is 24.7 Å². The highest BCUT2D eigenvalue weighted by atomic mass is 16.5. The highest BCUT2D eigenvalue weighted by Crippen LogP contribution is 2.39. The standard InChI is InChI=1S/C23H22N6O5/c1-13(30)27-23-25-10-17(28-23)14-5-6-16(18(7-14)29-12-24-11-26-29)21(31)15-8-19(32-2)22(34-4)20(9-15)33-3/h5-12H,1-4H3,(H2,25,27,28,30). The molecule has 0 aliphatic carbocycles. The van der Waals surface area contributed by atoms with E-state index in [2.05, 4.69) is 25.4 Å². The van der Waals surface area contributed by atoms with Crippen molar-refractivity contribution in [3.63, 3.8) is 0 Å². The van der Waals surface area contributed by atoms with Gasteiger partial charge in [0.2, 0.25) is 17.6 Å². The van der Waals surface area contributed by atoms with E-state index >= 15 is 0 Å². The van der Waals surface area contributed by atoms with E-state index in [1.165, 1.54) is 45.6 Å². The third-order valence-corrected chi connectivity index (χ3v) is 5.00. The lowest BCUT2D eigenvalue weighted by molar-refractivity contribution is -0.114. The van der Waals surface area contributed by atoms with Crippen molar-refractivity contribution in [3.05, 3.63) is 60.3 Å². The number of hydrogen-bond acceptors (Lipinski definition) is 8. The number of nitrogens with zero attached hydrogens (tertiary/aromatic N) is 4. The van der Waals surface area contributed by atoms with Gasteiger partial charge in [-0.25, -0.2) is 14.6 Å². The first-order chi connectivity index (χ1) is 16.4. The molecule has 11 nitrogen and oxygen atoms in total. The first kappa shape index (κ1) is 22.5. The van der Waals surface area contributed by atoms with Gasteiger partial charge in [-0.05, 0) is 24.3 Å². The van der Waals surface area contributed by atoms with Crippen LogP contribution in [0.25, 0.3) is 16.9 Å². The molecule has 0 saturated carbocycles. The first-order valence-electron chi connectivity index (χ1n) is 10.1. The molecule has 0 atom stereocenters. The number of aromatic nitrogens is 5. The summed E-state index contributed by atoms with van der Waals surface area (Å²) in [5, 5.41) is 6.79. The number of carbonyl (C=O) groups excluding carboxylic acids is 2. The molecule has 2 aromatic heterocycles. The summed E-state index contributed by atoms with van der Waals surface area (Å²) in [5.41, 5.74) is 2.51. The quantitative estimate of drug-likeness (QED) is 0.382. The summed E-state index contributed by atoms with van der Waals surface area (Å²) in [6.45, 7) is 1.40. The van der Waals surface area contributed by atoms with Crippen LogP contribution in [0.1, 0.15) is 22.8 Å². The van der Waals surface area contributed by atoms with Gasteiger partial charge in [0.25, 0.3) is 0 Å². The first-order valence-corrected chi connectivity index (χ1v) is 10.1. The average Bonchev–Trinajstić information content (AvgIpc) is 3.54. The third kappa shape index (κ3) is 4.31. The van der Waals surface area contributed by atoms with Crippen LogP contribution in [0.5, 0.6) is 17.2 Å². The van der Waals surface area contributed by atoms with Crippen molar-refractivity contribution >= 4 is 17.6 Å². The molecule has 11 heteroatoms. The van der Waals surface area contributed by atoms with Crippen LogP contribution in [0, 0.1) is 0 Å². The normalized spacial score (nSPS) is 10.6. The molecule has 2 N–H and O–H groups in total. The summed E-state index contributed by atoms with van der Waals surface area (Å²) in [7, 11) is 4.47. The Morgan fingerprint density at radius 1 is 1.03 bits per heavy atom. The second-order valence-corrected chi connectivity index (χ2v) is 7.13. The molecule has 0 fully saturated rings. The Labute approximate surface area is 194 Å². The monoisotopic (exact) mass is 462 g/mol. The zero-order chi connectivity index (χ0) is 24.2. The Hall–Kier alpha value is -4.67. The third-order valence-electron chi connectivity index (χ3n) is 5.00. The summed E-state index contributed by atoms with van der Waals surface area (Å²) in [5.74, 6) is 0.925. The van der Waals surface area contributed by atoms with Crippen LogP contribution >= 0.6 is 0 Å². The topological polar surface area (TPSA) is 133 Å². The summed E-state index contributed by atoms with van der Waals surface area (Å²) in [6, 6.07) is 8.41. The number of methoxy groups -OCH3 is 3. The van der Waals surface area contributed by atoms with Crippen LogP contribution in [-0.2, 0) is 4.79 Å². The van der Waals surface area contributed by atoms with Crippen LogP contribution in [0.2, 0.25) is 0 Å². The molecule has 0 spiro atoms. The summed E-state index contributed by atoms with van der Waals surface area (Å²) < 4.78 is 17.6. The number of imidazole rings is 1. The molecule has 1 amide bonds. The molecule has 34 heavy (non-hydrogen) atoms. The Bertz CT molecular complexity index is 1320. The predicted molar refractivity (Wildman–Crippen MR) is 123 cm³/mol. The molecular weight excluding hydrogens is 440 g/mol. The van der Waals surface area contributed by atoms with Gasteiger partial charge in [-0.2, -0.15) is 5.10 Å². The molecule has 174 valence electrons. The minimum absolute atomic E-state index is 0.240. The number of hydrogen-bond donors (Lipinski definition) is 2. The van der Waals surface area contributed by atoms with E-state index in [-0.39, 0.29) is 11.7 Å². The molecule has 0 aliphatic heterocycles. The highest BCUT2D eigenvalue weighted by Gasteiger charge is 2.22. The van der Waals surface area contributed by atoms with Gasteiger partial charge in [-0.1, -0.05) is 6.07 Å². The van der Waals surface area contributed by atoms with Gasteiger partial charge in [0.1, 0.15) is 12.7 Å². The summed E-state index contributed by atoms with van der Waals surface area (Å²) in [4.78, 5) is 36.2. The molecule has 0 bridgehead atoms. The maximum Gasteiger partial charge on any atom is 0.223 e. The Morgan fingerprint density at radius 3 is 2.35 bits per heavy atom. The molecule has 4 rings (SSSR count). The maximum atomic E-state index is 13.6. The number of ether oxygens (including phenoxy) is 3. The van der Waals surface area contributed by atoms with Crippen molar-refractivity contribution in [1.29, 1.82) is 0 Å². The maximum absolute atomic E-state index is 13.6. The predicted octanol–water partition coefficient (Wildman–Crippen LogP) is 2.87. The Kier molecular flexibility index (Phi) is 6.26. The number of rotatable bonds is 8. The van der Waals surface area contributed by atoms with Gasteiger partial charge < -0.3 is 19.2 Å². The van der Waals surface area contributed by atoms with E-state index in [0.29, 0.717) is 51.3 Å². The fourth-order valence-corrected chi connectivity index (χ4v) is 3.47. The molecule has 0 saturated heterocycles. The minimum Gasteiger partial charge on any atom is -0.493 e. The van der Waals surface area contributed by atoms with Gasteiger partial charge in [0.05, 0.1) is 32.7 Å². The number of carbonyl (C=O) groups is 2. The van der Waals surface area contributed by atoms with Crippen LogP contribution in [0.3, 0.4) is 0 Å². The van der Waals surface area contributed by atoms with Crippen LogP contribution in [0.4, 0.5) is 5.95 Å². The fraction of sp³-hybridized carbons (Fsp3) is 0.174. The molecule has 2 aromatic carbocycles. The molecule has 0 unspecified atom stereocenters. The Balaban J connectivity index is 1.80. The van der Waals surface area contributed by atoms with Crippen LogP contribution in [-0.4, -0.2) is 57.8 Å². The summed E-state index contributed by atoms with van der Waals surface area (Å²) >= 11 is 0. The highest BCUT2D eigenvalue weighted by molar-refractivity contribution is 6.12. The second-order valence-electron chi connectivity index (χ2n) is 7.13. The number of H-pyrrole nitrogens is 1. The molecular formula is C23H22N6O5. The van der Waals surface area contributed by atoms with Crippen molar-refractivity contribution in [2.45, 2.75) is 6.92 Å². The van der Waals surface area contributed by atoms with E-state index in [4.69, 9.17) is 14.2 Å². The lowest BCUT2D eigenvalue weighted by Crippen LogP contribution is -2.09. The van der Waals surface area contributed by atoms with Crippen molar-refractivity contribution < 1.29 is 23.8 Å². The zero-order valence-corrected chi connectivity index (χ0v) is 18.9. The lowest BCUT2D eigenvalue weighted by atomic mass is 9.98. The minimum atomic E-state index is -0.280. The van der Waals surface area contributed by atoms with Crippen molar-refractivity contribution in [3.8, 4) is 34.2 Å². The number of amides is 1. The SMILES string of the molecule is COc1cc(C(=O)c2ccc(-c3c[nH]c(NC(C)=O)n3)cc2-n2cncn2)cc(OC)c1OC. The van der Waals surface area contributed by atoms with E-state index in [1.807, 2.05) is 0 Å². The number of nitrogens with one attached hydrogen (secondary N) is 2. The average molecular weight is 462 g/mol. The molecule has 0 radical (unpaired) electrons. The second kappa shape index (κ2) is 9.45. The van der Waals surface area contributed by atoms with E-state index in [0.717, 1.165) is 0 Å². The number of aromatic amines is 1. The summed E-state index contributed by atoms with van der Waals surface area (Å²) in [6.07, 6.45) is 4.54. The van der Waals surface area contributed by atoms with Gasteiger partial charge >= 0.3 is 0 Å². The van der Waals surface area contributed by atoms with Gasteiger partial charge in [0, 0.05) is 29.8 Å². The van der Waals surface area contributed by atoms with Gasteiger partial charge in [-0.15, -0.1) is 0 Å². The largest absolute Gasteiger partial charge is 0.493 e. The van der Waals surface area contributed by atoms with Crippen molar-refractivity contribution in [2.24, 2.45) is 0 Å². The van der Waals surface area contributed by atoms with Gasteiger partial charge in [0.15, 0.2) is 17.3 Å². The van der Waals surface area contributed by atoms with Gasteiger partial charge in [-0.3, -0.25) is 14.9 Å². The molecule has 0 aliphatic rings. The smallest absolute Gasteiger partial charge is 0.223 e. The molecule has 4 aromatic rings. The van der Waals surface area contributed by atoms with Crippen LogP contribution in [0.15, 0.2) is 49.2 Å². The number of ketones is 1. The van der Waals surface area contributed by atoms with E-state index < -0.39 is 0 Å². The van der Waals surface area contributed by atoms with E-state index in [9.17, 15) is 9.59 Å². The van der Waals surface area contributed by atoms with Crippen LogP contribution < -0.4 is 19.5 Å². The Morgan fingerprint density at radius 2 is 1.76 bits per heavy atom.